The van der Waals surface area contributed by atoms with Crippen LogP contribution < -0.4 is 14.4 Å². The van der Waals surface area contributed by atoms with Crippen LogP contribution in [0.4, 0.5) is 5.69 Å². The summed E-state index contributed by atoms with van der Waals surface area (Å²) in [4.78, 5) is 15.7. The lowest BCUT2D eigenvalue weighted by molar-refractivity contribution is 0.0982. The number of allylic oxidation sites excluding steroid dienone is 2. The Bertz CT molecular complexity index is 1360. The highest BCUT2D eigenvalue weighted by atomic mass is 35.5. The van der Waals surface area contributed by atoms with E-state index in [0.29, 0.717) is 34.5 Å². The summed E-state index contributed by atoms with van der Waals surface area (Å²) in [6.07, 6.45) is 11.8. The van der Waals surface area contributed by atoms with Crippen LogP contribution in [0.2, 0.25) is 5.02 Å². The summed E-state index contributed by atoms with van der Waals surface area (Å²) in [5, 5.41) is 0.617. The van der Waals surface area contributed by atoms with E-state index in [1.165, 1.54) is 41.9 Å². The zero-order valence-electron chi connectivity index (χ0n) is 27.1. The molecule has 5 nitrogen and oxygen atoms in total. The van der Waals surface area contributed by atoms with Crippen molar-refractivity contribution < 1.29 is 13.7 Å². The van der Waals surface area contributed by atoms with Crippen molar-refractivity contribution in [3.8, 4) is 5.75 Å². The summed E-state index contributed by atoms with van der Waals surface area (Å²) >= 11 is 10.8. The Morgan fingerprint density at radius 2 is 1.96 bits per heavy atom. The average Bonchev–Trinajstić information content (AvgIpc) is 3.20. The Morgan fingerprint density at radius 1 is 1.16 bits per heavy atom. The molecule has 1 aliphatic carbocycles. The van der Waals surface area contributed by atoms with Crippen molar-refractivity contribution in [3.05, 3.63) is 70.3 Å². The Kier molecular flexibility index (Phi) is 12.7. The van der Waals surface area contributed by atoms with Gasteiger partial charge in [-0.1, -0.05) is 50.1 Å². The number of thioether (sulfide) groups is 2. The Balaban J connectivity index is 1.46. The van der Waals surface area contributed by atoms with Gasteiger partial charge in [-0.25, -0.2) is 4.21 Å². The number of rotatable bonds is 12. The molecule has 0 bridgehead atoms. The molecule has 45 heavy (non-hydrogen) atoms. The van der Waals surface area contributed by atoms with Crippen LogP contribution in [0.1, 0.15) is 87.2 Å². The molecule has 2 fully saturated rings. The number of nitrogens with zero attached hydrogens (tertiary/aromatic N) is 1. The Labute approximate surface area is 286 Å². The third-order valence-corrected chi connectivity index (χ3v) is 13.9. The number of amides is 1. The van der Waals surface area contributed by atoms with Gasteiger partial charge in [0, 0.05) is 40.8 Å². The second-order valence-corrected chi connectivity index (χ2v) is 17.8. The topological polar surface area (TPSA) is 58.6 Å². The molecule has 0 spiro atoms. The molecule has 5 unspecified atom stereocenters. The van der Waals surface area contributed by atoms with E-state index in [4.69, 9.17) is 16.3 Å². The molecule has 2 aromatic rings. The summed E-state index contributed by atoms with van der Waals surface area (Å²) < 4.78 is 22.3. The van der Waals surface area contributed by atoms with Gasteiger partial charge in [0.05, 0.1) is 16.9 Å². The predicted molar refractivity (Wildman–Crippen MR) is 196 cm³/mol. The summed E-state index contributed by atoms with van der Waals surface area (Å²) in [6, 6.07) is 12.0. The number of hydrogen-bond acceptors (Lipinski definition) is 6. The third kappa shape index (κ3) is 8.65. The summed E-state index contributed by atoms with van der Waals surface area (Å²) in [5.74, 6) is 4.97. The lowest BCUT2D eigenvalue weighted by Gasteiger charge is -2.46. The first kappa shape index (κ1) is 34.7. The van der Waals surface area contributed by atoms with E-state index in [1.54, 1.807) is 6.07 Å². The molecule has 2 aliphatic heterocycles. The van der Waals surface area contributed by atoms with Gasteiger partial charge in [-0.15, -0.1) is 23.5 Å². The van der Waals surface area contributed by atoms with Crippen LogP contribution in [0.3, 0.4) is 0 Å². The number of benzene rings is 2. The van der Waals surface area contributed by atoms with Crippen molar-refractivity contribution in [3.63, 3.8) is 0 Å². The first-order valence-corrected chi connectivity index (χ1v) is 20.4. The number of anilines is 1. The maximum Gasteiger partial charge on any atom is 0.263 e. The number of carbonyl (C=O) groups excluding carboxylic acids is 1. The smallest absolute Gasteiger partial charge is 0.263 e. The van der Waals surface area contributed by atoms with Gasteiger partial charge in [-0.2, -0.15) is 0 Å². The minimum absolute atomic E-state index is 0.155. The summed E-state index contributed by atoms with van der Waals surface area (Å²) in [5.41, 5.74) is 4.06. The molecule has 5 rings (SSSR count). The van der Waals surface area contributed by atoms with E-state index < -0.39 is 11.0 Å². The first-order valence-electron chi connectivity index (χ1n) is 16.7. The second-order valence-electron chi connectivity index (χ2n) is 12.8. The van der Waals surface area contributed by atoms with Crippen LogP contribution in [0.15, 0.2) is 48.6 Å². The number of hydrogen-bond donors (Lipinski definition) is 1. The molecule has 246 valence electrons. The fraction of sp³-hybridized carbons (Fsp3) is 0.583. The lowest BCUT2D eigenvalue weighted by Crippen LogP contribution is -2.44. The fourth-order valence-electron chi connectivity index (χ4n) is 6.79. The normalized spacial score (nSPS) is 23.6. The quantitative estimate of drug-likeness (QED) is 0.225. The van der Waals surface area contributed by atoms with Crippen LogP contribution in [0.5, 0.6) is 5.75 Å². The Hall–Kier alpha value is -1.61. The molecule has 0 radical (unpaired) electrons. The van der Waals surface area contributed by atoms with Gasteiger partial charge in [-0.3, -0.25) is 9.52 Å². The van der Waals surface area contributed by atoms with Gasteiger partial charge < -0.3 is 9.64 Å². The standard InChI is InChI=1S/C36H49ClN2O3S3/c1-5-7-10-32(36-43-17-8-18-44-36)31-14-11-27(31)21-39-22-28(30-15-13-29(37)19-25(30)9-6-2)23-42-34-16-12-26(20-33(34)39)35(40)38-45(41)24(3)4/h7,10,12-13,15-16,19-20,24,27-28,31-32,36H,5-6,8-9,11,14,17-18,21-23H2,1-4H3,(H,38,40)/b10-7+. The van der Waals surface area contributed by atoms with E-state index >= 15 is 0 Å². The van der Waals surface area contributed by atoms with E-state index in [-0.39, 0.29) is 17.1 Å². The molecule has 5 atom stereocenters. The first-order chi connectivity index (χ1) is 21.8. The van der Waals surface area contributed by atoms with Crippen molar-refractivity contribution in [2.75, 3.05) is 36.1 Å². The number of carbonyl (C=O) groups is 1. The molecule has 3 aliphatic rings. The van der Waals surface area contributed by atoms with E-state index in [0.717, 1.165) is 48.8 Å². The summed E-state index contributed by atoms with van der Waals surface area (Å²) in [6.45, 7) is 10.4. The molecule has 1 saturated heterocycles. The molecule has 2 heterocycles. The summed E-state index contributed by atoms with van der Waals surface area (Å²) in [7, 11) is -1.44. The van der Waals surface area contributed by atoms with E-state index in [2.05, 4.69) is 71.3 Å². The average molecular weight is 689 g/mol. The number of fused-ring (bicyclic) bond motifs is 1. The van der Waals surface area contributed by atoms with Crippen molar-refractivity contribution in [2.24, 2.45) is 17.8 Å². The van der Waals surface area contributed by atoms with Crippen molar-refractivity contribution >= 4 is 57.7 Å². The molecule has 0 aromatic heterocycles. The van der Waals surface area contributed by atoms with Crippen LogP contribution in [0.25, 0.3) is 0 Å². The molecule has 1 saturated carbocycles. The van der Waals surface area contributed by atoms with Gasteiger partial charge in [0.2, 0.25) is 0 Å². The van der Waals surface area contributed by atoms with Gasteiger partial charge in [0.25, 0.3) is 5.91 Å². The molecule has 1 N–H and O–H groups in total. The van der Waals surface area contributed by atoms with Crippen LogP contribution >= 0.6 is 35.1 Å². The number of ether oxygens (including phenoxy) is 1. The minimum atomic E-state index is -1.44. The lowest BCUT2D eigenvalue weighted by atomic mass is 9.67. The van der Waals surface area contributed by atoms with Crippen molar-refractivity contribution in [2.45, 2.75) is 82.0 Å². The van der Waals surface area contributed by atoms with Gasteiger partial charge in [0.15, 0.2) is 0 Å². The van der Waals surface area contributed by atoms with Crippen LogP contribution in [0, 0.1) is 17.8 Å². The third-order valence-electron chi connectivity index (χ3n) is 9.31. The van der Waals surface area contributed by atoms with E-state index in [9.17, 15) is 9.00 Å². The SMILES string of the molecule is CC/C=C/C(C1SCCCS1)C1CCC1CN1CC(c2ccc(Cl)cc2CCC)COc2ccc(C(=O)NS(=O)C(C)C)cc21. The monoisotopic (exact) mass is 688 g/mol. The molecule has 2 aromatic carbocycles. The number of halogens is 1. The van der Waals surface area contributed by atoms with Crippen LogP contribution in [-0.2, 0) is 17.4 Å². The highest BCUT2D eigenvalue weighted by Gasteiger charge is 2.41. The van der Waals surface area contributed by atoms with E-state index in [1.807, 2.05) is 32.0 Å². The minimum Gasteiger partial charge on any atom is -0.491 e. The predicted octanol–water partition coefficient (Wildman–Crippen LogP) is 8.88. The number of aryl methyl sites for hydroxylation is 1. The highest BCUT2D eigenvalue weighted by Crippen LogP contribution is 2.50. The second kappa shape index (κ2) is 16.5. The fourth-order valence-corrected chi connectivity index (χ4v) is 10.8. The maximum atomic E-state index is 13.2. The largest absolute Gasteiger partial charge is 0.491 e. The maximum absolute atomic E-state index is 13.2. The van der Waals surface area contributed by atoms with Crippen molar-refractivity contribution in [1.82, 2.24) is 4.72 Å². The Morgan fingerprint density at radius 3 is 2.64 bits per heavy atom. The highest BCUT2D eigenvalue weighted by molar-refractivity contribution is 8.17. The van der Waals surface area contributed by atoms with Gasteiger partial charge in [-0.05, 0) is 111 Å². The zero-order chi connectivity index (χ0) is 31.9. The molecular formula is C36H49ClN2O3S3. The van der Waals surface area contributed by atoms with Crippen molar-refractivity contribution in [1.29, 1.82) is 0 Å². The van der Waals surface area contributed by atoms with Crippen LogP contribution in [-0.4, -0.2) is 51.2 Å². The van der Waals surface area contributed by atoms with Gasteiger partial charge in [0.1, 0.15) is 16.7 Å². The zero-order valence-corrected chi connectivity index (χ0v) is 30.3. The molecule has 1 amide bonds. The molecule has 9 heteroatoms. The number of nitrogens with one attached hydrogen (secondary N) is 1. The molecular weight excluding hydrogens is 640 g/mol. The van der Waals surface area contributed by atoms with Gasteiger partial charge >= 0.3 is 0 Å².